The molecular weight excluding hydrogens is 625 g/mol. The number of fused-ring (bicyclic) bond motifs is 2. The third kappa shape index (κ3) is 6.07. The molecule has 1 N–H and O–H groups in total. The average molecular weight is 671 g/mol. The first-order valence-electron chi connectivity index (χ1n) is 17.1. The molecule has 1 aromatic heterocycles. The summed E-state index contributed by atoms with van der Waals surface area (Å²) < 4.78 is 0.980. The molecule has 0 aliphatic carbocycles. The average Bonchev–Trinajstić information content (AvgIpc) is 3.81. The highest BCUT2D eigenvalue weighted by Crippen LogP contribution is 2.69. The number of rotatable bonds is 16. The van der Waals surface area contributed by atoms with Crippen LogP contribution in [0.1, 0.15) is 44.6 Å². The van der Waals surface area contributed by atoms with Gasteiger partial charge in [0.15, 0.2) is 0 Å². The molecule has 6 rings (SSSR count). The number of unbranched alkanes of at least 4 members (excludes halogenated alkanes) is 3. The molecule has 48 heavy (non-hydrogen) atoms. The van der Waals surface area contributed by atoms with Crippen molar-refractivity contribution in [3.05, 3.63) is 85.5 Å². The van der Waals surface area contributed by atoms with Gasteiger partial charge < -0.3 is 19.8 Å². The summed E-state index contributed by atoms with van der Waals surface area (Å²) >= 11 is 1.70. The van der Waals surface area contributed by atoms with Gasteiger partial charge in [-0.05, 0) is 42.9 Å². The van der Waals surface area contributed by atoms with Crippen LogP contribution in [0.3, 0.4) is 0 Å². The van der Waals surface area contributed by atoms with Gasteiger partial charge in [0.1, 0.15) is 18.2 Å². The molecule has 2 aromatic carbocycles. The predicted octanol–water partition coefficient (Wildman–Crippen LogP) is 4.51. The number of carbonyl (C=O) groups is 3. The Morgan fingerprint density at radius 1 is 1.00 bits per heavy atom. The van der Waals surface area contributed by atoms with E-state index in [-0.39, 0.29) is 48.7 Å². The molecule has 3 unspecified atom stereocenters. The lowest BCUT2D eigenvalue weighted by Gasteiger charge is -2.41. The minimum atomic E-state index is -0.735. The van der Waals surface area contributed by atoms with E-state index in [9.17, 15) is 19.5 Å². The van der Waals surface area contributed by atoms with Gasteiger partial charge >= 0.3 is 0 Å². The Bertz CT molecular complexity index is 1650. The number of hydrogen-bond donors (Lipinski definition) is 1. The second-order valence-corrected chi connectivity index (χ2v) is 14.8. The highest BCUT2D eigenvalue weighted by molar-refractivity contribution is 8.02. The Labute approximate surface area is 286 Å². The van der Waals surface area contributed by atoms with E-state index in [4.69, 9.17) is 0 Å². The van der Waals surface area contributed by atoms with Crippen LogP contribution < -0.4 is 0 Å². The van der Waals surface area contributed by atoms with Crippen LogP contribution in [0.2, 0.25) is 0 Å². The van der Waals surface area contributed by atoms with Gasteiger partial charge in [0.05, 0.1) is 22.1 Å². The Morgan fingerprint density at radius 2 is 1.71 bits per heavy atom. The SMILES string of the molecule is C=CCN(Cn1nnc2ccccc21)C(=O)C1N(CCCCCCO)C(=O)[C@@H]2[C@@H](C(=O)N(CC=C)Cc3ccccc3)[C@H]3CC(C)C12S3. The standard InChI is InChI=1S/C37H46N6O4S/c1-4-19-40(24-27-15-9-8-10-16-27)34(45)31-30-23-26(3)37(48-30)32(31)35(46)42(21-13-6-7-14-22-44)33(37)36(47)41(20-5-2)25-43-29-18-12-11-17-28(29)38-39-43/h4-5,8-12,15-18,26,30-33,44H,1-2,6-7,13-14,19-25H2,3H3/t26?,30-,31+,32+,33?,37?/m1/s1. The highest BCUT2D eigenvalue weighted by atomic mass is 32.2. The minimum absolute atomic E-state index is 0.0450. The molecule has 6 atom stereocenters. The number of aliphatic hydroxyl groups excluding tert-OH is 1. The van der Waals surface area contributed by atoms with Crippen molar-refractivity contribution in [3.8, 4) is 0 Å². The monoisotopic (exact) mass is 670 g/mol. The Morgan fingerprint density at radius 3 is 2.46 bits per heavy atom. The van der Waals surface area contributed by atoms with Gasteiger partial charge in [-0.2, -0.15) is 0 Å². The largest absolute Gasteiger partial charge is 0.396 e. The molecule has 3 amide bonds. The van der Waals surface area contributed by atoms with Gasteiger partial charge in [0.2, 0.25) is 17.7 Å². The number of likely N-dealkylation sites (tertiary alicyclic amines) is 1. The number of para-hydroxylation sites is 1. The van der Waals surface area contributed by atoms with Crippen LogP contribution in [0.4, 0.5) is 0 Å². The molecule has 3 aliphatic rings. The van der Waals surface area contributed by atoms with E-state index in [0.29, 0.717) is 32.5 Å². The van der Waals surface area contributed by atoms with Gasteiger partial charge in [-0.15, -0.1) is 30.0 Å². The normalized spacial score (nSPS) is 25.8. The number of aliphatic hydroxyl groups is 1. The molecule has 0 radical (unpaired) electrons. The van der Waals surface area contributed by atoms with E-state index in [0.717, 1.165) is 35.9 Å². The second kappa shape index (κ2) is 14.7. The summed E-state index contributed by atoms with van der Waals surface area (Å²) in [5, 5.41) is 17.9. The summed E-state index contributed by atoms with van der Waals surface area (Å²) in [6, 6.07) is 16.8. The quantitative estimate of drug-likeness (QED) is 0.176. The molecule has 254 valence electrons. The predicted molar refractivity (Wildman–Crippen MR) is 187 cm³/mol. The number of aromatic nitrogens is 3. The summed E-state index contributed by atoms with van der Waals surface area (Å²) in [5.74, 6) is -1.37. The zero-order valence-corrected chi connectivity index (χ0v) is 28.5. The van der Waals surface area contributed by atoms with E-state index in [1.54, 1.807) is 38.4 Å². The van der Waals surface area contributed by atoms with Crippen LogP contribution in [0, 0.1) is 17.8 Å². The third-order valence-corrected chi connectivity index (χ3v) is 12.4. The lowest BCUT2D eigenvalue weighted by atomic mass is 9.65. The number of nitrogens with zero attached hydrogens (tertiary/aromatic N) is 6. The first-order chi connectivity index (χ1) is 23.3. The van der Waals surface area contributed by atoms with Crippen LogP contribution in [-0.4, -0.2) is 94.8 Å². The number of amides is 3. The summed E-state index contributed by atoms with van der Waals surface area (Å²) in [4.78, 5) is 49.6. The van der Waals surface area contributed by atoms with E-state index < -0.39 is 22.6 Å². The van der Waals surface area contributed by atoms with E-state index in [1.807, 2.05) is 59.5 Å². The van der Waals surface area contributed by atoms with Crippen molar-refractivity contribution in [1.29, 1.82) is 0 Å². The van der Waals surface area contributed by atoms with Gasteiger partial charge in [0, 0.05) is 38.0 Å². The van der Waals surface area contributed by atoms with Gasteiger partial charge in [-0.25, -0.2) is 4.68 Å². The van der Waals surface area contributed by atoms with Crippen molar-refractivity contribution in [2.45, 2.75) is 68.3 Å². The topological polar surface area (TPSA) is 112 Å². The van der Waals surface area contributed by atoms with Crippen LogP contribution in [0.15, 0.2) is 79.9 Å². The summed E-state index contributed by atoms with van der Waals surface area (Å²) in [7, 11) is 0. The van der Waals surface area contributed by atoms with Crippen molar-refractivity contribution in [3.63, 3.8) is 0 Å². The fraction of sp³-hybridized carbons (Fsp3) is 0.486. The molecule has 10 nitrogen and oxygen atoms in total. The smallest absolute Gasteiger partial charge is 0.248 e. The molecule has 0 saturated carbocycles. The lowest BCUT2D eigenvalue weighted by molar-refractivity contribution is -0.145. The molecule has 3 aromatic rings. The van der Waals surface area contributed by atoms with Gasteiger partial charge in [-0.1, -0.05) is 79.6 Å². The number of carbonyl (C=O) groups excluding carboxylic acids is 3. The molecular formula is C37H46N6O4S. The second-order valence-electron chi connectivity index (χ2n) is 13.3. The molecule has 4 heterocycles. The molecule has 3 aliphatic heterocycles. The van der Waals surface area contributed by atoms with Crippen molar-refractivity contribution >= 4 is 40.5 Å². The van der Waals surface area contributed by atoms with E-state index >= 15 is 0 Å². The zero-order chi connectivity index (χ0) is 33.8. The minimum Gasteiger partial charge on any atom is -0.396 e. The van der Waals surface area contributed by atoms with E-state index in [1.165, 1.54) is 0 Å². The van der Waals surface area contributed by atoms with Crippen LogP contribution in [0.25, 0.3) is 11.0 Å². The summed E-state index contributed by atoms with van der Waals surface area (Å²) in [6.45, 7) is 11.8. The van der Waals surface area contributed by atoms with Crippen LogP contribution >= 0.6 is 11.8 Å². The van der Waals surface area contributed by atoms with Crippen molar-refractivity contribution in [2.24, 2.45) is 17.8 Å². The maximum absolute atomic E-state index is 15.0. The van der Waals surface area contributed by atoms with Gasteiger partial charge in [0.25, 0.3) is 0 Å². The van der Waals surface area contributed by atoms with Crippen LogP contribution in [-0.2, 0) is 27.6 Å². The first-order valence-corrected chi connectivity index (χ1v) is 17.9. The maximum Gasteiger partial charge on any atom is 0.248 e. The molecule has 3 fully saturated rings. The number of benzene rings is 2. The lowest BCUT2D eigenvalue weighted by Crippen LogP contribution is -2.57. The molecule has 1 spiro atoms. The Kier molecular flexibility index (Phi) is 10.4. The van der Waals surface area contributed by atoms with E-state index in [2.05, 4.69) is 30.4 Å². The van der Waals surface area contributed by atoms with Crippen molar-refractivity contribution < 1.29 is 19.5 Å². The molecule has 2 bridgehead atoms. The summed E-state index contributed by atoms with van der Waals surface area (Å²) in [6.07, 6.45) is 7.30. The number of thioether (sulfide) groups is 1. The molecule has 11 heteroatoms. The van der Waals surface area contributed by atoms with Crippen molar-refractivity contribution in [1.82, 2.24) is 29.7 Å². The Balaban J connectivity index is 1.35. The van der Waals surface area contributed by atoms with Crippen LogP contribution in [0.5, 0.6) is 0 Å². The fourth-order valence-electron chi connectivity index (χ4n) is 8.20. The Hall–Kier alpha value is -3.96. The summed E-state index contributed by atoms with van der Waals surface area (Å²) in [5.41, 5.74) is 2.57. The highest BCUT2D eigenvalue weighted by Gasteiger charge is 2.76. The fourth-order valence-corrected chi connectivity index (χ4v) is 10.6. The van der Waals surface area contributed by atoms with Crippen molar-refractivity contribution in [2.75, 3.05) is 26.2 Å². The third-order valence-electron chi connectivity index (χ3n) is 10.3. The molecule has 3 saturated heterocycles. The van der Waals surface area contributed by atoms with Gasteiger partial charge in [-0.3, -0.25) is 14.4 Å². The first kappa shape index (κ1) is 33.9. The zero-order valence-electron chi connectivity index (χ0n) is 27.7. The number of hydrogen-bond acceptors (Lipinski definition) is 7. The maximum atomic E-state index is 15.0.